The molecule has 0 saturated heterocycles. The molecule has 1 N–H and O–H groups in total. The summed E-state index contributed by atoms with van der Waals surface area (Å²) in [5.74, 6) is -4.22. The van der Waals surface area contributed by atoms with Crippen LogP contribution in [0.25, 0.3) is 0 Å². The minimum absolute atomic E-state index is 0.0164. The van der Waals surface area contributed by atoms with Crippen LogP contribution in [0.4, 0.5) is 8.78 Å². The number of benzene rings is 3. The Balaban J connectivity index is 1.43. The van der Waals surface area contributed by atoms with Gasteiger partial charge in [0, 0.05) is 31.4 Å². The third-order valence-corrected chi connectivity index (χ3v) is 7.22. The standard InChI is InChI=1S/C29H26ClF2NO5/c30-23-12-11-20-16-33(24(28(35)36)13-22(20)26(23)37-17-18-7-3-1-4-8-18)27(34)25(19-9-5-2-6-10-19)38-21-14-29(31,32)15-21/h1-12,21,24-25H,13-17H2,(H,35,36)/t24-,25+/m0/s1. The fourth-order valence-corrected chi connectivity index (χ4v) is 5.13. The fraction of sp³-hybridized carbons (Fsp3) is 0.310. The largest absolute Gasteiger partial charge is 0.487 e. The van der Waals surface area contributed by atoms with Gasteiger partial charge in [-0.15, -0.1) is 0 Å². The maximum absolute atomic E-state index is 13.8. The van der Waals surface area contributed by atoms with Crippen molar-refractivity contribution in [1.29, 1.82) is 0 Å². The van der Waals surface area contributed by atoms with E-state index >= 15 is 0 Å². The average Bonchev–Trinajstić information content (AvgIpc) is 2.90. The van der Waals surface area contributed by atoms with Crippen molar-refractivity contribution in [2.45, 2.75) is 56.6 Å². The van der Waals surface area contributed by atoms with Gasteiger partial charge in [0.15, 0.2) is 6.10 Å². The van der Waals surface area contributed by atoms with Crippen molar-refractivity contribution in [1.82, 2.24) is 4.90 Å². The van der Waals surface area contributed by atoms with Crippen LogP contribution in [-0.2, 0) is 33.9 Å². The number of halogens is 3. The number of carboxylic acid groups (broad SMARTS) is 1. The first kappa shape index (κ1) is 26.1. The van der Waals surface area contributed by atoms with Gasteiger partial charge in [0.2, 0.25) is 0 Å². The fourth-order valence-electron chi connectivity index (χ4n) is 4.90. The number of rotatable bonds is 8. The maximum Gasteiger partial charge on any atom is 0.326 e. The summed E-state index contributed by atoms with van der Waals surface area (Å²) in [5, 5.41) is 10.5. The van der Waals surface area contributed by atoms with Gasteiger partial charge in [-0.2, -0.15) is 0 Å². The van der Waals surface area contributed by atoms with Crippen LogP contribution in [0, 0.1) is 0 Å². The molecule has 5 rings (SSSR count). The van der Waals surface area contributed by atoms with E-state index in [2.05, 4.69) is 0 Å². The number of hydrogen-bond donors (Lipinski definition) is 1. The van der Waals surface area contributed by atoms with Crippen molar-refractivity contribution in [3.8, 4) is 5.75 Å². The summed E-state index contributed by atoms with van der Waals surface area (Å²) < 4.78 is 38.9. The molecule has 0 aromatic heterocycles. The van der Waals surface area contributed by atoms with Crippen LogP contribution < -0.4 is 4.74 Å². The van der Waals surface area contributed by atoms with Crippen molar-refractivity contribution >= 4 is 23.5 Å². The first-order chi connectivity index (χ1) is 18.2. The Hall–Kier alpha value is -3.49. The molecule has 0 radical (unpaired) electrons. The molecule has 1 amide bonds. The molecule has 0 unspecified atom stereocenters. The second kappa shape index (κ2) is 10.7. The number of nitrogens with zero attached hydrogens (tertiary/aromatic N) is 1. The van der Waals surface area contributed by atoms with Gasteiger partial charge in [-0.05, 0) is 22.8 Å². The van der Waals surface area contributed by atoms with E-state index in [1.807, 2.05) is 30.3 Å². The van der Waals surface area contributed by atoms with E-state index in [0.29, 0.717) is 27.5 Å². The molecular formula is C29H26ClF2NO5. The SMILES string of the molecule is O=C(O)[C@@H]1Cc2c(ccc(Cl)c2OCc2ccccc2)CN1C(=O)[C@H](OC1CC(F)(F)C1)c1ccccc1. The van der Waals surface area contributed by atoms with Crippen molar-refractivity contribution in [2.75, 3.05) is 0 Å². The van der Waals surface area contributed by atoms with Crippen molar-refractivity contribution in [2.24, 2.45) is 0 Å². The molecule has 38 heavy (non-hydrogen) atoms. The lowest BCUT2D eigenvalue weighted by Crippen LogP contribution is -2.51. The van der Waals surface area contributed by atoms with E-state index in [1.54, 1.807) is 42.5 Å². The molecule has 1 fully saturated rings. The highest BCUT2D eigenvalue weighted by Crippen LogP contribution is 2.43. The number of alkyl halides is 2. The highest BCUT2D eigenvalue weighted by Gasteiger charge is 2.49. The van der Waals surface area contributed by atoms with E-state index < -0.39 is 48.9 Å². The molecule has 3 aromatic rings. The predicted molar refractivity (Wildman–Crippen MR) is 136 cm³/mol. The molecular weight excluding hydrogens is 516 g/mol. The third-order valence-electron chi connectivity index (χ3n) is 6.93. The molecule has 2 atom stereocenters. The molecule has 1 aliphatic heterocycles. The third kappa shape index (κ3) is 5.51. The minimum Gasteiger partial charge on any atom is -0.487 e. The predicted octanol–water partition coefficient (Wildman–Crippen LogP) is 5.81. The lowest BCUT2D eigenvalue weighted by molar-refractivity contribution is -0.193. The van der Waals surface area contributed by atoms with E-state index in [4.69, 9.17) is 21.1 Å². The van der Waals surface area contributed by atoms with Crippen molar-refractivity contribution in [3.05, 3.63) is 100 Å². The number of carbonyl (C=O) groups is 2. The van der Waals surface area contributed by atoms with Gasteiger partial charge in [0.05, 0.1) is 11.1 Å². The normalized spacial score (nSPS) is 19.2. The summed E-state index contributed by atoms with van der Waals surface area (Å²) in [5.41, 5.74) is 2.73. The Bertz CT molecular complexity index is 1310. The summed E-state index contributed by atoms with van der Waals surface area (Å²) in [6, 6.07) is 20.2. The first-order valence-electron chi connectivity index (χ1n) is 12.3. The van der Waals surface area contributed by atoms with E-state index in [1.165, 1.54) is 4.90 Å². The Labute approximate surface area is 223 Å². The molecule has 1 saturated carbocycles. The second-order valence-electron chi connectivity index (χ2n) is 9.63. The number of carboxylic acids is 1. The first-order valence-corrected chi connectivity index (χ1v) is 12.7. The van der Waals surface area contributed by atoms with Crippen LogP contribution in [0.3, 0.4) is 0 Å². The number of carbonyl (C=O) groups excluding carboxylic acids is 1. The van der Waals surface area contributed by atoms with Crippen LogP contribution in [0.5, 0.6) is 5.75 Å². The van der Waals surface area contributed by atoms with E-state index in [0.717, 1.165) is 5.56 Å². The molecule has 2 aliphatic rings. The van der Waals surface area contributed by atoms with Gasteiger partial charge in [0.25, 0.3) is 11.8 Å². The Kier molecular flexibility index (Phi) is 7.36. The highest BCUT2D eigenvalue weighted by molar-refractivity contribution is 6.32. The Morgan fingerprint density at radius 3 is 2.32 bits per heavy atom. The lowest BCUT2D eigenvalue weighted by Gasteiger charge is -2.40. The van der Waals surface area contributed by atoms with Crippen LogP contribution in [0.2, 0.25) is 5.02 Å². The van der Waals surface area contributed by atoms with Crippen molar-refractivity contribution in [3.63, 3.8) is 0 Å². The van der Waals surface area contributed by atoms with Gasteiger partial charge in [0.1, 0.15) is 18.4 Å². The van der Waals surface area contributed by atoms with Crippen LogP contribution in [0.15, 0.2) is 72.8 Å². The number of amides is 1. The van der Waals surface area contributed by atoms with E-state index in [-0.39, 0.29) is 19.6 Å². The molecule has 0 spiro atoms. The summed E-state index contributed by atoms with van der Waals surface area (Å²) in [4.78, 5) is 27.4. The average molecular weight is 542 g/mol. The topological polar surface area (TPSA) is 76.1 Å². The highest BCUT2D eigenvalue weighted by atomic mass is 35.5. The maximum atomic E-state index is 13.8. The Morgan fingerprint density at radius 1 is 1.03 bits per heavy atom. The van der Waals surface area contributed by atoms with Crippen molar-refractivity contribution < 1.29 is 33.0 Å². The second-order valence-corrected chi connectivity index (χ2v) is 10.0. The molecule has 1 aliphatic carbocycles. The van der Waals surface area contributed by atoms with Gasteiger partial charge in [-0.1, -0.05) is 78.3 Å². The van der Waals surface area contributed by atoms with Crippen LogP contribution >= 0.6 is 11.6 Å². The molecule has 6 nitrogen and oxygen atoms in total. The molecule has 3 aromatic carbocycles. The zero-order valence-electron chi connectivity index (χ0n) is 20.4. The lowest BCUT2D eigenvalue weighted by atomic mass is 9.90. The molecule has 1 heterocycles. The van der Waals surface area contributed by atoms with E-state index in [9.17, 15) is 23.5 Å². The summed E-state index contributed by atoms with van der Waals surface area (Å²) in [6.07, 6.45) is -2.98. The summed E-state index contributed by atoms with van der Waals surface area (Å²) in [7, 11) is 0. The molecule has 0 bridgehead atoms. The molecule has 198 valence electrons. The van der Waals surface area contributed by atoms with Gasteiger partial charge < -0.3 is 19.5 Å². The summed E-state index contributed by atoms with van der Waals surface area (Å²) in [6.45, 7) is 0.227. The zero-order valence-corrected chi connectivity index (χ0v) is 21.1. The van der Waals surface area contributed by atoms with Gasteiger partial charge in [-0.3, -0.25) is 4.79 Å². The quantitative estimate of drug-likeness (QED) is 0.389. The van der Waals surface area contributed by atoms with Gasteiger partial charge >= 0.3 is 5.97 Å². The monoisotopic (exact) mass is 541 g/mol. The molecule has 9 heteroatoms. The number of ether oxygens (including phenoxy) is 2. The zero-order chi connectivity index (χ0) is 26.9. The summed E-state index contributed by atoms with van der Waals surface area (Å²) >= 11 is 6.45. The van der Waals surface area contributed by atoms with Crippen LogP contribution in [-0.4, -0.2) is 40.0 Å². The number of fused-ring (bicyclic) bond motifs is 1. The van der Waals surface area contributed by atoms with Gasteiger partial charge in [-0.25, -0.2) is 13.6 Å². The number of aliphatic carboxylic acids is 1. The number of hydrogen-bond acceptors (Lipinski definition) is 4. The minimum atomic E-state index is -2.82. The Morgan fingerprint density at radius 2 is 1.68 bits per heavy atom. The smallest absolute Gasteiger partial charge is 0.326 e. The van der Waals surface area contributed by atoms with Crippen LogP contribution in [0.1, 0.15) is 41.2 Å².